The molecule has 1 aromatic rings. The SMILES string of the molecule is CC[SiH2]C1CCC(c2ccc(Cl)cc2)CC1. The second kappa shape index (κ2) is 5.88. The summed E-state index contributed by atoms with van der Waals surface area (Å²) in [6.07, 6.45) is 5.76. The zero-order chi connectivity index (χ0) is 11.4. The van der Waals surface area contributed by atoms with E-state index in [0.717, 1.165) is 16.5 Å². The fraction of sp³-hybridized carbons (Fsp3) is 0.571. The molecule has 1 aliphatic carbocycles. The minimum Gasteiger partial charge on any atom is -0.0843 e. The van der Waals surface area contributed by atoms with E-state index in [1.54, 1.807) is 0 Å². The predicted molar refractivity (Wildman–Crippen MR) is 75.4 cm³/mol. The number of halogens is 1. The highest BCUT2D eigenvalue weighted by Gasteiger charge is 2.21. The van der Waals surface area contributed by atoms with Crippen LogP contribution in [0, 0.1) is 0 Å². The van der Waals surface area contributed by atoms with Gasteiger partial charge in [0, 0.05) is 14.5 Å². The molecule has 0 amide bonds. The summed E-state index contributed by atoms with van der Waals surface area (Å²) in [5, 5.41) is 0.857. The zero-order valence-corrected chi connectivity index (χ0v) is 12.3. The minimum absolute atomic E-state index is 0.246. The zero-order valence-electron chi connectivity index (χ0n) is 10.1. The van der Waals surface area contributed by atoms with Crippen molar-refractivity contribution in [1.82, 2.24) is 0 Å². The molecule has 1 aromatic carbocycles. The third kappa shape index (κ3) is 3.11. The Hall–Kier alpha value is -0.273. The van der Waals surface area contributed by atoms with Gasteiger partial charge in [0.05, 0.1) is 0 Å². The molecule has 0 bridgehead atoms. The molecule has 1 aliphatic rings. The number of hydrogen-bond donors (Lipinski definition) is 0. The average Bonchev–Trinajstić information content (AvgIpc) is 2.32. The molecule has 0 radical (unpaired) electrons. The van der Waals surface area contributed by atoms with Crippen LogP contribution in [0.5, 0.6) is 0 Å². The second-order valence-electron chi connectivity index (χ2n) is 5.06. The normalized spacial score (nSPS) is 26.4. The maximum absolute atomic E-state index is 5.92. The number of rotatable bonds is 3. The molecule has 2 heteroatoms. The molecule has 1 saturated carbocycles. The molecular formula is C14H21ClSi. The van der Waals surface area contributed by atoms with Gasteiger partial charge in [0.1, 0.15) is 0 Å². The molecule has 0 unspecified atom stereocenters. The van der Waals surface area contributed by atoms with E-state index < -0.39 is 0 Å². The topological polar surface area (TPSA) is 0 Å². The van der Waals surface area contributed by atoms with Gasteiger partial charge in [-0.15, -0.1) is 0 Å². The fourth-order valence-corrected chi connectivity index (χ4v) is 4.92. The van der Waals surface area contributed by atoms with Crippen LogP contribution in [0.3, 0.4) is 0 Å². The van der Waals surface area contributed by atoms with Crippen molar-refractivity contribution in [2.24, 2.45) is 0 Å². The number of hydrogen-bond acceptors (Lipinski definition) is 0. The van der Waals surface area contributed by atoms with E-state index in [2.05, 4.69) is 19.1 Å². The van der Waals surface area contributed by atoms with Crippen LogP contribution in [0.4, 0.5) is 0 Å². The van der Waals surface area contributed by atoms with E-state index >= 15 is 0 Å². The predicted octanol–water partition coefficient (Wildman–Crippen LogP) is 4.39. The molecular weight excluding hydrogens is 232 g/mol. The van der Waals surface area contributed by atoms with Crippen molar-refractivity contribution in [2.45, 2.75) is 50.1 Å². The van der Waals surface area contributed by atoms with Crippen molar-refractivity contribution < 1.29 is 0 Å². The quantitative estimate of drug-likeness (QED) is 0.700. The van der Waals surface area contributed by atoms with Gasteiger partial charge in [0.25, 0.3) is 0 Å². The summed E-state index contributed by atoms with van der Waals surface area (Å²) in [6, 6.07) is 9.97. The molecule has 0 N–H and O–H groups in total. The van der Waals surface area contributed by atoms with Crippen molar-refractivity contribution in [2.75, 3.05) is 0 Å². The lowest BCUT2D eigenvalue weighted by Crippen LogP contribution is -2.13. The van der Waals surface area contributed by atoms with Crippen LogP contribution in [0.2, 0.25) is 16.6 Å². The van der Waals surface area contributed by atoms with Crippen LogP contribution in [-0.4, -0.2) is 9.52 Å². The first kappa shape index (κ1) is 12.2. The Balaban J connectivity index is 1.91. The molecule has 0 atom stereocenters. The van der Waals surface area contributed by atoms with Gasteiger partial charge in [-0.25, -0.2) is 0 Å². The Kier molecular flexibility index (Phi) is 4.48. The van der Waals surface area contributed by atoms with E-state index in [-0.39, 0.29) is 9.52 Å². The lowest BCUT2D eigenvalue weighted by Gasteiger charge is -2.28. The highest BCUT2D eigenvalue weighted by molar-refractivity contribution is 6.37. The van der Waals surface area contributed by atoms with Gasteiger partial charge in [0.2, 0.25) is 0 Å². The molecule has 0 aromatic heterocycles. The molecule has 88 valence electrons. The van der Waals surface area contributed by atoms with Crippen molar-refractivity contribution in [3.05, 3.63) is 34.9 Å². The molecule has 2 rings (SSSR count). The summed E-state index contributed by atoms with van der Waals surface area (Å²) >= 11 is 5.92. The lowest BCUT2D eigenvalue weighted by molar-refractivity contribution is 0.441. The van der Waals surface area contributed by atoms with Gasteiger partial charge < -0.3 is 0 Å². The summed E-state index contributed by atoms with van der Waals surface area (Å²) in [6.45, 7) is 2.36. The smallest absolute Gasteiger partial charge is 0.0406 e. The van der Waals surface area contributed by atoms with Gasteiger partial charge >= 0.3 is 0 Å². The fourth-order valence-electron chi connectivity index (χ4n) is 2.93. The standard InChI is InChI=1S/C14H21ClSi/c1-2-16-14-9-5-12(6-10-14)11-3-7-13(15)8-4-11/h3-4,7-8,12,14H,2,5-6,9-10,16H2,1H3. The monoisotopic (exact) mass is 252 g/mol. The van der Waals surface area contributed by atoms with Crippen LogP contribution in [0.25, 0.3) is 0 Å². The maximum Gasteiger partial charge on any atom is 0.0406 e. The Bertz CT molecular complexity index is 312. The van der Waals surface area contributed by atoms with Crippen LogP contribution in [0.15, 0.2) is 24.3 Å². The van der Waals surface area contributed by atoms with Gasteiger partial charge in [-0.2, -0.15) is 0 Å². The first-order valence-corrected chi connectivity index (χ1v) is 8.74. The van der Waals surface area contributed by atoms with Gasteiger partial charge in [-0.1, -0.05) is 55.1 Å². The second-order valence-corrected chi connectivity index (χ2v) is 8.23. The molecule has 0 nitrogen and oxygen atoms in total. The Morgan fingerprint density at radius 2 is 1.75 bits per heavy atom. The van der Waals surface area contributed by atoms with Crippen molar-refractivity contribution in [3.8, 4) is 0 Å². The van der Waals surface area contributed by atoms with Crippen LogP contribution in [-0.2, 0) is 0 Å². The third-order valence-corrected chi connectivity index (χ3v) is 6.35. The lowest BCUT2D eigenvalue weighted by atomic mass is 9.84. The maximum atomic E-state index is 5.92. The van der Waals surface area contributed by atoms with Crippen LogP contribution in [0.1, 0.15) is 44.1 Å². The molecule has 0 spiro atoms. The Morgan fingerprint density at radius 3 is 2.31 bits per heavy atom. The molecule has 0 heterocycles. The van der Waals surface area contributed by atoms with Crippen LogP contribution < -0.4 is 0 Å². The molecule has 0 aliphatic heterocycles. The Labute approximate surface area is 106 Å². The van der Waals surface area contributed by atoms with Crippen LogP contribution >= 0.6 is 11.6 Å². The van der Waals surface area contributed by atoms with Crippen molar-refractivity contribution in [1.29, 1.82) is 0 Å². The van der Waals surface area contributed by atoms with E-state index in [1.807, 2.05) is 12.1 Å². The van der Waals surface area contributed by atoms with Crippen molar-refractivity contribution >= 4 is 21.1 Å². The van der Waals surface area contributed by atoms with Crippen molar-refractivity contribution in [3.63, 3.8) is 0 Å². The van der Waals surface area contributed by atoms with E-state index in [9.17, 15) is 0 Å². The highest BCUT2D eigenvalue weighted by Crippen LogP contribution is 2.38. The molecule has 0 saturated heterocycles. The minimum atomic E-state index is 0.246. The van der Waals surface area contributed by atoms with E-state index in [1.165, 1.54) is 37.3 Å². The largest absolute Gasteiger partial charge is 0.0843 e. The summed E-state index contributed by atoms with van der Waals surface area (Å²) in [7, 11) is 0.246. The molecule has 16 heavy (non-hydrogen) atoms. The van der Waals surface area contributed by atoms with Gasteiger partial charge in [-0.3, -0.25) is 0 Å². The average molecular weight is 253 g/mol. The number of benzene rings is 1. The van der Waals surface area contributed by atoms with E-state index in [0.29, 0.717) is 0 Å². The van der Waals surface area contributed by atoms with Gasteiger partial charge in [-0.05, 0) is 36.5 Å². The molecule has 1 fully saturated rings. The van der Waals surface area contributed by atoms with E-state index in [4.69, 9.17) is 11.6 Å². The summed E-state index contributed by atoms with van der Waals surface area (Å²) in [5.74, 6) is 0.805. The first-order chi connectivity index (χ1) is 7.79. The summed E-state index contributed by atoms with van der Waals surface area (Å²) < 4.78 is 0. The van der Waals surface area contributed by atoms with Gasteiger partial charge in [0.15, 0.2) is 0 Å². The Morgan fingerprint density at radius 1 is 1.12 bits per heavy atom. The first-order valence-electron chi connectivity index (χ1n) is 6.55. The summed E-state index contributed by atoms with van der Waals surface area (Å²) in [5.41, 5.74) is 2.63. The third-order valence-electron chi connectivity index (χ3n) is 3.89. The highest BCUT2D eigenvalue weighted by atomic mass is 35.5. The summed E-state index contributed by atoms with van der Waals surface area (Å²) in [4.78, 5) is 0.